The molecule has 17 heavy (non-hydrogen) atoms. The molecule has 0 aromatic carbocycles. The molecule has 0 bridgehead atoms. The van der Waals surface area contributed by atoms with E-state index < -0.39 is 0 Å². The van der Waals surface area contributed by atoms with Crippen LogP contribution < -0.4 is 4.90 Å². The van der Waals surface area contributed by atoms with Gasteiger partial charge >= 0.3 is 0 Å². The normalized spacial score (nSPS) is 10.3. The molecule has 2 rings (SSSR count). The third kappa shape index (κ3) is 3.24. The van der Waals surface area contributed by atoms with E-state index in [-0.39, 0.29) is 5.28 Å². The fourth-order valence-electron chi connectivity index (χ4n) is 0.987. The molecule has 8 heteroatoms. The van der Waals surface area contributed by atoms with Crippen LogP contribution in [0, 0.1) is 0 Å². The number of hydrogen-bond acceptors (Lipinski definition) is 7. The van der Waals surface area contributed by atoms with Crippen molar-refractivity contribution >= 4 is 29.3 Å². The van der Waals surface area contributed by atoms with E-state index in [4.69, 9.17) is 11.6 Å². The van der Waals surface area contributed by atoms with Crippen LogP contribution in [-0.4, -0.2) is 39.0 Å². The minimum absolute atomic E-state index is 0.155. The van der Waals surface area contributed by atoms with E-state index in [0.717, 1.165) is 0 Å². The Hall–Kier alpha value is -1.47. The van der Waals surface area contributed by atoms with Crippen molar-refractivity contribution in [3.05, 3.63) is 23.7 Å². The minimum Gasteiger partial charge on any atom is -0.347 e. The summed E-state index contributed by atoms with van der Waals surface area (Å²) in [5.74, 6) is 0.503. The van der Waals surface area contributed by atoms with Gasteiger partial charge in [-0.25, -0.2) is 9.97 Å². The van der Waals surface area contributed by atoms with Gasteiger partial charge < -0.3 is 4.90 Å². The molecular weight excluding hydrogens is 260 g/mol. The average Bonchev–Trinajstić information content (AvgIpc) is 2.29. The Labute approximate surface area is 108 Å². The Balaban J connectivity index is 2.27. The van der Waals surface area contributed by atoms with Gasteiger partial charge in [0.05, 0.1) is 0 Å². The number of aromatic nitrogens is 5. The lowest BCUT2D eigenvalue weighted by Gasteiger charge is -2.10. The van der Waals surface area contributed by atoms with Crippen LogP contribution in [0.2, 0.25) is 5.28 Å². The molecule has 2 heterocycles. The first kappa shape index (κ1) is 12.0. The summed E-state index contributed by atoms with van der Waals surface area (Å²) in [5.41, 5.74) is 0. The van der Waals surface area contributed by atoms with Gasteiger partial charge in [0.1, 0.15) is 0 Å². The summed E-state index contributed by atoms with van der Waals surface area (Å²) in [4.78, 5) is 22.1. The van der Waals surface area contributed by atoms with E-state index in [9.17, 15) is 0 Å². The SMILES string of the molecule is CN(C)c1nc(Cl)nc(Sc2ncccn2)n1. The van der Waals surface area contributed by atoms with Gasteiger partial charge in [0, 0.05) is 26.5 Å². The van der Waals surface area contributed by atoms with Crippen LogP contribution in [-0.2, 0) is 0 Å². The summed E-state index contributed by atoms with van der Waals surface area (Å²) in [6.07, 6.45) is 3.32. The van der Waals surface area contributed by atoms with Crippen molar-refractivity contribution in [3.8, 4) is 0 Å². The molecule has 0 atom stereocenters. The van der Waals surface area contributed by atoms with E-state index in [1.54, 1.807) is 23.4 Å². The lowest BCUT2D eigenvalue weighted by Crippen LogP contribution is -2.13. The molecule has 0 unspecified atom stereocenters. The van der Waals surface area contributed by atoms with Crippen molar-refractivity contribution in [1.29, 1.82) is 0 Å². The molecule has 0 aliphatic rings. The monoisotopic (exact) mass is 268 g/mol. The zero-order chi connectivity index (χ0) is 12.3. The highest BCUT2D eigenvalue weighted by Gasteiger charge is 2.09. The van der Waals surface area contributed by atoms with E-state index in [2.05, 4.69) is 24.9 Å². The molecule has 88 valence electrons. The van der Waals surface area contributed by atoms with Crippen LogP contribution in [0.15, 0.2) is 28.8 Å². The maximum Gasteiger partial charge on any atom is 0.230 e. The van der Waals surface area contributed by atoms with Gasteiger partial charge in [-0.05, 0) is 29.4 Å². The van der Waals surface area contributed by atoms with Crippen molar-refractivity contribution in [1.82, 2.24) is 24.9 Å². The van der Waals surface area contributed by atoms with Crippen LogP contribution in [0.5, 0.6) is 0 Å². The highest BCUT2D eigenvalue weighted by molar-refractivity contribution is 7.99. The van der Waals surface area contributed by atoms with Gasteiger partial charge in [-0.1, -0.05) is 0 Å². The second-order valence-corrected chi connectivity index (χ2v) is 4.49. The Kier molecular flexibility index (Phi) is 3.70. The topological polar surface area (TPSA) is 67.7 Å². The molecule has 0 radical (unpaired) electrons. The summed E-state index contributed by atoms with van der Waals surface area (Å²) < 4.78 is 0. The van der Waals surface area contributed by atoms with E-state index in [1.165, 1.54) is 11.8 Å². The number of anilines is 1. The van der Waals surface area contributed by atoms with Crippen LogP contribution in [0.25, 0.3) is 0 Å². The molecule has 0 spiro atoms. The predicted molar refractivity (Wildman–Crippen MR) is 65.3 cm³/mol. The Morgan fingerprint density at radius 3 is 2.41 bits per heavy atom. The zero-order valence-corrected chi connectivity index (χ0v) is 10.8. The molecular formula is C9H9ClN6S. The summed E-state index contributed by atoms with van der Waals surface area (Å²) in [7, 11) is 3.66. The number of hydrogen-bond donors (Lipinski definition) is 0. The highest BCUT2D eigenvalue weighted by Crippen LogP contribution is 2.22. The third-order valence-electron chi connectivity index (χ3n) is 1.70. The second-order valence-electron chi connectivity index (χ2n) is 3.21. The molecule has 0 amide bonds. The average molecular weight is 269 g/mol. The molecule has 0 aliphatic carbocycles. The lowest BCUT2D eigenvalue weighted by atomic mass is 10.7. The molecule has 2 aromatic rings. The van der Waals surface area contributed by atoms with Gasteiger partial charge in [0.15, 0.2) is 5.16 Å². The Bertz CT molecular complexity index is 506. The lowest BCUT2D eigenvalue weighted by molar-refractivity contribution is 0.858. The van der Waals surface area contributed by atoms with Crippen molar-refractivity contribution in [2.75, 3.05) is 19.0 Å². The summed E-state index contributed by atoms with van der Waals surface area (Å²) in [6.45, 7) is 0. The zero-order valence-electron chi connectivity index (χ0n) is 9.20. The van der Waals surface area contributed by atoms with Crippen molar-refractivity contribution in [3.63, 3.8) is 0 Å². The molecule has 0 aliphatic heterocycles. The predicted octanol–water partition coefficient (Wildman–Crippen LogP) is 1.53. The van der Waals surface area contributed by atoms with E-state index in [0.29, 0.717) is 16.3 Å². The standard InChI is InChI=1S/C9H9ClN6S/c1-16(2)7-13-6(10)14-9(15-7)17-8-11-4-3-5-12-8/h3-5H,1-2H3. The smallest absolute Gasteiger partial charge is 0.230 e. The Morgan fingerprint density at radius 1 is 1.06 bits per heavy atom. The first-order valence-corrected chi connectivity index (χ1v) is 5.88. The first-order chi connectivity index (χ1) is 8.15. The summed E-state index contributed by atoms with van der Waals surface area (Å²) >= 11 is 7.06. The van der Waals surface area contributed by atoms with Gasteiger partial charge in [-0.15, -0.1) is 0 Å². The van der Waals surface area contributed by atoms with Crippen LogP contribution >= 0.6 is 23.4 Å². The molecule has 0 fully saturated rings. The quantitative estimate of drug-likeness (QED) is 0.782. The molecule has 0 N–H and O–H groups in total. The molecule has 2 aromatic heterocycles. The highest BCUT2D eigenvalue weighted by atomic mass is 35.5. The molecule has 0 saturated heterocycles. The fraction of sp³-hybridized carbons (Fsp3) is 0.222. The largest absolute Gasteiger partial charge is 0.347 e. The van der Waals surface area contributed by atoms with Crippen LogP contribution in [0.1, 0.15) is 0 Å². The van der Waals surface area contributed by atoms with Crippen molar-refractivity contribution in [2.24, 2.45) is 0 Å². The molecule has 0 saturated carbocycles. The van der Waals surface area contributed by atoms with Gasteiger partial charge in [-0.2, -0.15) is 15.0 Å². The minimum atomic E-state index is 0.155. The van der Waals surface area contributed by atoms with Crippen molar-refractivity contribution < 1.29 is 0 Å². The maximum absolute atomic E-state index is 5.82. The van der Waals surface area contributed by atoms with Gasteiger partial charge in [-0.3, -0.25) is 0 Å². The third-order valence-corrected chi connectivity index (χ3v) is 2.63. The van der Waals surface area contributed by atoms with E-state index >= 15 is 0 Å². The van der Waals surface area contributed by atoms with E-state index in [1.807, 2.05) is 14.1 Å². The second kappa shape index (κ2) is 5.24. The first-order valence-electron chi connectivity index (χ1n) is 4.69. The number of rotatable bonds is 3. The molecule has 6 nitrogen and oxygen atoms in total. The van der Waals surface area contributed by atoms with Crippen molar-refractivity contribution in [2.45, 2.75) is 10.3 Å². The number of halogens is 1. The fourth-order valence-corrected chi connectivity index (χ4v) is 1.84. The van der Waals surface area contributed by atoms with Crippen LogP contribution in [0.4, 0.5) is 5.95 Å². The summed E-state index contributed by atoms with van der Waals surface area (Å²) in [6, 6.07) is 1.75. The maximum atomic E-state index is 5.82. The summed E-state index contributed by atoms with van der Waals surface area (Å²) in [5, 5.41) is 1.20. The van der Waals surface area contributed by atoms with Crippen LogP contribution in [0.3, 0.4) is 0 Å². The number of nitrogens with zero attached hydrogens (tertiary/aromatic N) is 6. The van der Waals surface area contributed by atoms with Gasteiger partial charge in [0.2, 0.25) is 16.4 Å². The van der Waals surface area contributed by atoms with Gasteiger partial charge in [0.25, 0.3) is 0 Å². The Morgan fingerprint density at radius 2 is 1.76 bits per heavy atom.